The van der Waals surface area contributed by atoms with Crippen molar-refractivity contribution in [3.63, 3.8) is 0 Å². The molecule has 0 spiro atoms. The molecule has 0 aliphatic heterocycles. The van der Waals surface area contributed by atoms with Crippen LogP contribution in [0.5, 0.6) is 0 Å². The van der Waals surface area contributed by atoms with Crippen LogP contribution in [-0.4, -0.2) is 47.3 Å². The second kappa shape index (κ2) is 9.69. The average Bonchev–Trinajstić information content (AvgIpc) is 3.09. The predicted octanol–water partition coefficient (Wildman–Crippen LogP) is 3.85. The third-order valence-corrected chi connectivity index (χ3v) is 4.78. The summed E-state index contributed by atoms with van der Waals surface area (Å²) < 4.78 is 42.1. The normalized spacial score (nSPS) is 11.2. The number of hydrogen-bond acceptors (Lipinski definition) is 6. The summed E-state index contributed by atoms with van der Waals surface area (Å²) in [5.74, 6) is -0.164. The fraction of sp³-hybridized carbons (Fsp3) is 0.375. The Bertz CT molecular complexity index is 831. The van der Waals surface area contributed by atoms with E-state index in [1.165, 1.54) is 4.90 Å². The summed E-state index contributed by atoms with van der Waals surface area (Å²) in [6.45, 7) is -0.0101. The number of halogens is 4. The number of carbonyl (C=O) groups excluding carboxylic acids is 2. The smallest absolute Gasteiger partial charge is 0.445 e. The van der Waals surface area contributed by atoms with Crippen LogP contribution in [0.4, 0.5) is 23.1 Å². The van der Waals surface area contributed by atoms with E-state index in [0.29, 0.717) is 11.4 Å². The molecule has 0 fully saturated rings. The van der Waals surface area contributed by atoms with Gasteiger partial charge in [-0.15, -0.1) is 10.2 Å². The number of benzene rings is 1. The van der Waals surface area contributed by atoms with Gasteiger partial charge < -0.3 is 9.64 Å². The number of amides is 2. The van der Waals surface area contributed by atoms with Crippen molar-refractivity contribution in [2.24, 2.45) is 0 Å². The van der Waals surface area contributed by atoms with Gasteiger partial charge >= 0.3 is 12.3 Å². The number of rotatable bonds is 7. The van der Waals surface area contributed by atoms with Crippen LogP contribution in [0.1, 0.15) is 17.0 Å². The molecule has 28 heavy (non-hydrogen) atoms. The highest BCUT2D eigenvalue weighted by atomic mass is 35.5. The highest BCUT2D eigenvalue weighted by molar-refractivity contribution is 7.15. The van der Waals surface area contributed by atoms with Crippen LogP contribution >= 0.6 is 22.9 Å². The minimum Gasteiger partial charge on any atom is -0.447 e. The van der Waals surface area contributed by atoms with Gasteiger partial charge in [0.1, 0.15) is 6.61 Å². The number of carbonyl (C=O) groups is 2. The molecule has 0 aliphatic rings. The Balaban J connectivity index is 1.70. The Morgan fingerprint density at radius 2 is 2.00 bits per heavy atom. The molecule has 0 aliphatic carbocycles. The molecule has 0 bridgehead atoms. The maximum absolute atomic E-state index is 12.4. The van der Waals surface area contributed by atoms with E-state index in [1.807, 2.05) is 12.1 Å². The van der Waals surface area contributed by atoms with Gasteiger partial charge in [-0.25, -0.2) is 4.79 Å². The molecule has 1 N–H and O–H groups in total. The van der Waals surface area contributed by atoms with Crippen LogP contribution in [0.25, 0.3) is 0 Å². The van der Waals surface area contributed by atoms with Gasteiger partial charge in [-0.3, -0.25) is 10.1 Å². The molecular formula is C16H16ClF3N4O3S. The Morgan fingerprint density at radius 3 is 2.64 bits per heavy atom. The van der Waals surface area contributed by atoms with Crippen molar-refractivity contribution < 1.29 is 27.5 Å². The van der Waals surface area contributed by atoms with E-state index in [9.17, 15) is 22.8 Å². The Kier molecular flexibility index (Phi) is 7.58. The number of aryl methyl sites for hydroxylation is 1. The SMILES string of the molecule is CN(CCOC(=O)Nc1nnc(C(F)(F)F)s1)C(=O)CCc1ccccc1Cl. The lowest BCUT2D eigenvalue weighted by Gasteiger charge is -2.17. The van der Waals surface area contributed by atoms with E-state index in [0.717, 1.165) is 5.56 Å². The number of anilines is 1. The van der Waals surface area contributed by atoms with Gasteiger partial charge in [-0.1, -0.05) is 41.1 Å². The lowest BCUT2D eigenvalue weighted by Crippen LogP contribution is -2.31. The Labute approximate surface area is 167 Å². The van der Waals surface area contributed by atoms with Crippen LogP contribution in [-0.2, 0) is 22.1 Å². The van der Waals surface area contributed by atoms with Crippen LogP contribution in [0.2, 0.25) is 5.02 Å². The third-order valence-electron chi connectivity index (χ3n) is 3.53. The molecule has 2 rings (SSSR count). The summed E-state index contributed by atoms with van der Waals surface area (Å²) in [5.41, 5.74) is 0.858. The Morgan fingerprint density at radius 1 is 1.29 bits per heavy atom. The molecule has 152 valence electrons. The van der Waals surface area contributed by atoms with E-state index in [2.05, 4.69) is 15.5 Å². The highest BCUT2D eigenvalue weighted by Gasteiger charge is 2.35. The number of aromatic nitrogens is 2. The van der Waals surface area contributed by atoms with Crippen molar-refractivity contribution >= 4 is 40.1 Å². The van der Waals surface area contributed by atoms with Crippen molar-refractivity contribution in [1.82, 2.24) is 15.1 Å². The molecule has 7 nitrogen and oxygen atoms in total. The molecule has 1 aromatic carbocycles. The maximum Gasteiger partial charge on any atom is 0.445 e. The summed E-state index contributed by atoms with van der Waals surface area (Å²) in [5, 5.41) is 7.29. The van der Waals surface area contributed by atoms with Crippen LogP contribution in [0.15, 0.2) is 24.3 Å². The topological polar surface area (TPSA) is 84.4 Å². The number of alkyl halides is 3. The van der Waals surface area contributed by atoms with Crippen molar-refractivity contribution in [1.29, 1.82) is 0 Å². The van der Waals surface area contributed by atoms with Crippen molar-refractivity contribution in [3.05, 3.63) is 39.9 Å². The molecule has 0 saturated heterocycles. The molecule has 0 radical (unpaired) electrons. The minimum atomic E-state index is -4.63. The van der Waals surface area contributed by atoms with Crippen molar-refractivity contribution in [2.45, 2.75) is 19.0 Å². The quantitative estimate of drug-likeness (QED) is 0.712. The first kappa shape index (κ1) is 21.9. The lowest BCUT2D eigenvalue weighted by atomic mass is 10.1. The molecule has 0 atom stereocenters. The first-order valence-corrected chi connectivity index (χ1v) is 9.18. The third kappa shape index (κ3) is 6.64. The summed E-state index contributed by atoms with van der Waals surface area (Å²) in [6, 6.07) is 7.21. The van der Waals surface area contributed by atoms with Crippen molar-refractivity contribution in [2.75, 3.05) is 25.5 Å². The number of nitrogens with zero attached hydrogens (tertiary/aromatic N) is 3. The van der Waals surface area contributed by atoms with E-state index in [4.69, 9.17) is 16.3 Å². The fourth-order valence-electron chi connectivity index (χ4n) is 2.05. The van der Waals surface area contributed by atoms with E-state index >= 15 is 0 Å². The van der Waals surface area contributed by atoms with Gasteiger partial charge in [0.25, 0.3) is 0 Å². The molecule has 1 heterocycles. The second-order valence-electron chi connectivity index (χ2n) is 5.58. The standard InChI is InChI=1S/C16H16ClF3N4O3S/c1-24(12(25)7-6-10-4-2-3-5-11(10)17)8-9-27-15(26)21-14-23-22-13(28-14)16(18,19)20/h2-5H,6-9H2,1H3,(H,21,23,26). The monoisotopic (exact) mass is 436 g/mol. The van der Waals surface area contributed by atoms with Crippen LogP contribution in [0, 0.1) is 0 Å². The first-order valence-electron chi connectivity index (χ1n) is 7.98. The maximum atomic E-state index is 12.4. The molecule has 2 amide bonds. The Hall–Kier alpha value is -2.40. The minimum absolute atomic E-state index is 0.124. The van der Waals surface area contributed by atoms with Crippen molar-refractivity contribution in [3.8, 4) is 0 Å². The molecular weight excluding hydrogens is 421 g/mol. The van der Waals surface area contributed by atoms with Gasteiger partial charge in [0.05, 0.1) is 6.54 Å². The van der Waals surface area contributed by atoms with Gasteiger partial charge in [0, 0.05) is 18.5 Å². The van der Waals surface area contributed by atoms with Crippen LogP contribution in [0.3, 0.4) is 0 Å². The zero-order valence-electron chi connectivity index (χ0n) is 14.6. The zero-order valence-corrected chi connectivity index (χ0v) is 16.2. The van der Waals surface area contributed by atoms with Crippen LogP contribution < -0.4 is 5.32 Å². The highest BCUT2D eigenvalue weighted by Crippen LogP contribution is 2.32. The lowest BCUT2D eigenvalue weighted by molar-refractivity contribution is -0.138. The van der Waals surface area contributed by atoms with Gasteiger partial charge in [0.2, 0.25) is 16.0 Å². The fourth-order valence-corrected chi connectivity index (χ4v) is 2.87. The second-order valence-corrected chi connectivity index (χ2v) is 6.96. The van der Waals surface area contributed by atoms with Gasteiger partial charge in [-0.05, 0) is 18.1 Å². The molecule has 0 unspecified atom stereocenters. The first-order chi connectivity index (χ1) is 13.2. The average molecular weight is 437 g/mol. The van der Waals surface area contributed by atoms with E-state index in [-0.39, 0.29) is 41.9 Å². The van der Waals surface area contributed by atoms with Gasteiger partial charge in [0.15, 0.2) is 0 Å². The number of hydrogen-bond donors (Lipinski definition) is 1. The summed E-state index contributed by atoms with van der Waals surface area (Å²) in [7, 11) is 1.55. The summed E-state index contributed by atoms with van der Waals surface area (Å²) >= 11 is 6.22. The zero-order chi connectivity index (χ0) is 20.7. The van der Waals surface area contributed by atoms with Gasteiger partial charge in [-0.2, -0.15) is 13.2 Å². The molecule has 1 aromatic heterocycles. The number of ether oxygens (including phenoxy) is 1. The largest absolute Gasteiger partial charge is 0.447 e. The molecule has 0 saturated carbocycles. The van der Waals surface area contributed by atoms with E-state index < -0.39 is 17.3 Å². The summed E-state index contributed by atoms with van der Waals surface area (Å²) in [4.78, 5) is 25.1. The van der Waals surface area contributed by atoms with E-state index in [1.54, 1.807) is 19.2 Å². The number of nitrogens with one attached hydrogen (secondary N) is 1. The summed E-state index contributed by atoms with van der Waals surface area (Å²) in [6.07, 6.45) is -4.91. The number of likely N-dealkylation sites (N-methyl/N-ethyl adjacent to an activating group) is 1. The molecule has 12 heteroatoms. The molecule has 2 aromatic rings. The predicted molar refractivity (Wildman–Crippen MR) is 97.3 cm³/mol.